The maximum Gasteiger partial charge on any atom is 0.326 e. The zero-order valence-electron chi connectivity index (χ0n) is 11.8. The van der Waals surface area contributed by atoms with Crippen molar-refractivity contribution in [1.82, 2.24) is 9.78 Å². The SMILES string of the molecule is CCOC(=O)C1(N)CCCC1CCn1nccc1C. The number of aryl methyl sites for hydroxylation is 2. The molecule has 5 heteroatoms. The molecule has 0 spiro atoms. The summed E-state index contributed by atoms with van der Waals surface area (Å²) in [5, 5.41) is 4.27. The molecule has 1 fully saturated rings. The van der Waals surface area contributed by atoms with Gasteiger partial charge in [0.1, 0.15) is 5.54 Å². The molecule has 1 aromatic heterocycles. The number of nitrogens with zero attached hydrogens (tertiary/aromatic N) is 2. The summed E-state index contributed by atoms with van der Waals surface area (Å²) < 4.78 is 7.10. The van der Waals surface area contributed by atoms with Crippen molar-refractivity contribution in [2.75, 3.05) is 6.61 Å². The molecule has 2 rings (SSSR count). The molecule has 1 saturated carbocycles. The molecule has 2 N–H and O–H groups in total. The lowest BCUT2D eigenvalue weighted by atomic mass is 9.85. The van der Waals surface area contributed by atoms with Crippen molar-refractivity contribution in [3.63, 3.8) is 0 Å². The fourth-order valence-corrected chi connectivity index (χ4v) is 2.95. The Morgan fingerprint density at radius 1 is 1.68 bits per heavy atom. The van der Waals surface area contributed by atoms with Gasteiger partial charge in [-0.25, -0.2) is 0 Å². The van der Waals surface area contributed by atoms with E-state index in [0.717, 1.165) is 37.9 Å². The topological polar surface area (TPSA) is 70.1 Å². The minimum Gasteiger partial charge on any atom is -0.465 e. The predicted molar refractivity (Wildman–Crippen MR) is 72.5 cm³/mol. The number of aromatic nitrogens is 2. The second-order valence-electron chi connectivity index (χ2n) is 5.33. The van der Waals surface area contributed by atoms with Gasteiger partial charge >= 0.3 is 5.97 Å². The van der Waals surface area contributed by atoms with Crippen molar-refractivity contribution in [1.29, 1.82) is 0 Å². The Labute approximate surface area is 114 Å². The summed E-state index contributed by atoms with van der Waals surface area (Å²) in [6.07, 6.45) is 5.39. The lowest BCUT2D eigenvalue weighted by molar-refractivity contribution is -0.151. The van der Waals surface area contributed by atoms with Gasteiger partial charge in [0.05, 0.1) is 6.61 Å². The van der Waals surface area contributed by atoms with Crippen LogP contribution in [-0.4, -0.2) is 27.9 Å². The number of carbonyl (C=O) groups is 1. The van der Waals surface area contributed by atoms with Crippen LogP contribution >= 0.6 is 0 Å². The van der Waals surface area contributed by atoms with Crippen LogP contribution in [0.3, 0.4) is 0 Å². The van der Waals surface area contributed by atoms with Crippen molar-refractivity contribution >= 4 is 5.97 Å². The van der Waals surface area contributed by atoms with Crippen LogP contribution in [0.25, 0.3) is 0 Å². The first-order valence-electron chi connectivity index (χ1n) is 7.02. The van der Waals surface area contributed by atoms with Crippen molar-refractivity contribution in [2.24, 2.45) is 11.7 Å². The summed E-state index contributed by atoms with van der Waals surface area (Å²) in [6.45, 7) is 5.05. The number of rotatable bonds is 5. The van der Waals surface area contributed by atoms with Crippen molar-refractivity contribution in [2.45, 2.75) is 51.6 Å². The van der Waals surface area contributed by atoms with Crippen LogP contribution in [0.5, 0.6) is 0 Å². The molecule has 0 bridgehead atoms. The van der Waals surface area contributed by atoms with Crippen molar-refractivity contribution < 1.29 is 9.53 Å². The second kappa shape index (κ2) is 5.74. The Balaban J connectivity index is 1.99. The lowest BCUT2D eigenvalue weighted by Crippen LogP contribution is -2.52. The smallest absolute Gasteiger partial charge is 0.326 e. The Bertz CT molecular complexity index is 444. The lowest BCUT2D eigenvalue weighted by Gasteiger charge is -2.29. The summed E-state index contributed by atoms with van der Waals surface area (Å²) in [4.78, 5) is 12.0. The molecular formula is C14H23N3O2. The highest BCUT2D eigenvalue weighted by molar-refractivity contribution is 5.81. The quantitative estimate of drug-likeness (QED) is 0.822. The number of esters is 1. The Morgan fingerprint density at radius 2 is 2.47 bits per heavy atom. The molecule has 0 aromatic carbocycles. The van der Waals surface area contributed by atoms with Crippen LogP contribution in [0.1, 0.15) is 38.3 Å². The second-order valence-corrected chi connectivity index (χ2v) is 5.33. The summed E-state index contributed by atoms with van der Waals surface area (Å²) in [6, 6.07) is 1.98. The number of hydrogen-bond acceptors (Lipinski definition) is 4. The van der Waals surface area contributed by atoms with Gasteiger partial charge in [0, 0.05) is 18.4 Å². The average molecular weight is 265 g/mol. The molecule has 2 atom stereocenters. The van der Waals surface area contributed by atoms with Gasteiger partial charge in [-0.1, -0.05) is 6.42 Å². The average Bonchev–Trinajstić information content (AvgIpc) is 2.95. The third-order valence-electron chi connectivity index (χ3n) is 4.15. The van der Waals surface area contributed by atoms with Gasteiger partial charge in [-0.15, -0.1) is 0 Å². The van der Waals surface area contributed by atoms with Gasteiger partial charge in [0.2, 0.25) is 0 Å². The van der Waals surface area contributed by atoms with Gasteiger partial charge in [0.25, 0.3) is 0 Å². The van der Waals surface area contributed by atoms with Gasteiger partial charge in [-0.3, -0.25) is 9.48 Å². The maximum atomic E-state index is 12.0. The fraction of sp³-hybridized carbons (Fsp3) is 0.714. The highest BCUT2D eigenvalue weighted by atomic mass is 16.5. The fourth-order valence-electron chi connectivity index (χ4n) is 2.95. The van der Waals surface area contributed by atoms with E-state index < -0.39 is 5.54 Å². The number of ether oxygens (including phenoxy) is 1. The van der Waals surface area contributed by atoms with E-state index in [1.165, 1.54) is 0 Å². The zero-order valence-corrected chi connectivity index (χ0v) is 11.8. The van der Waals surface area contributed by atoms with E-state index in [4.69, 9.17) is 10.5 Å². The monoisotopic (exact) mass is 265 g/mol. The van der Waals surface area contributed by atoms with Crippen LogP contribution in [0, 0.1) is 12.8 Å². The van der Waals surface area contributed by atoms with Crippen LogP contribution < -0.4 is 5.73 Å². The van der Waals surface area contributed by atoms with Crippen LogP contribution in [0.4, 0.5) is 0 Å². The largest absolute Gasteiger partial charge is 0.465 e. The maximum absolute atomic E-state index is 12.0. The molecular weight excluding hydrogens is 242 g/mol. The molecule has 106 valence electrons. The molecule has 1 aromatic rings. The van der Waals surface area contributed by atoms with E-state index in [1.807, 2.05) is 24.6 Å². The molecule has 0 saturated heterocycles. The normalized spacial score (nSPS) is 26.6. The van der Waals surface area contributed by atoms with E-state index in [0.29, 0.717) is 6.61 Å². The van der Waals surface area contributed by atoms with E-state index in [1.54, 1.807) is 6.20 Å². The Morgan fingerprint density at radius 3 is 3.11 bits per heavy atom. The number of hydrogen-bond donors (Lipinski definition) is 1. The van der Waals surface area contributed by atoms with Gasteiger partial charge in [0.15, 0.2) is 0 Å². The summed E-state index contributed by atoms with van der Waals surface area (Å²) in [5.74, 6) is -0.0511. The van der Waals surface area contributed by atoms with Crippen LogP contribution in [0.15, 0.2) is 12.3 Å². The third kappa shape index (κ3) is 2.81. The first-order valence-corrected chi connectivity index (χ1v) is 7.02. The standard InChI is InChI=1S/C14H23N3O2/c1-3-19-13(18)14(15)8-4-5-12(14)7-10-17-11(2)6-9-16-17/h6,9,12H,3-5,7-8,10,15H2,1-2H3. The van der Waals surface area contributed by atoms with Crippen molar-refractivity contribution in [3.05, 3.63) is 18.0 Å². The molecule has 5 nitrogen and oxygen atoms in total. The minimum absolute atomic E-state index is 0.190. The number of carbonyl (C=O) groups excluding carboxylic acids is 1. The molecule has 19 heavy (non-hydrogen) atoms. The molecule has 1 aliphatic rings. The van der Waals surface area contributed by atoms with Crippen LogP contribution in [-0.2, 0) is 16.1 Å². The molecule has 1 aliphatic carbocycles. The zero-order chi connectivity index (χ0) is 13.9. The molecule has 0 radical (unpaired) electrons. The first kappa shape index (κ1) is 14.1. The highest BCUT2D eigenvalue weighted by Crippen LogP contribution is 2.37. The Kier molecular flexibility index (Phi) is 4.24. The molecule has 1 heterocycles. The van der Waals surface area contributed by atoms with E-state index in [-0.39, 0.29) is 11.9 Å². The van der Waals surface area contributed by atoms with E-state index >= 15 is 0 Å². The molecule has 0 aliphatic heterocycles. The third-order valence-corrected chi connectivity index (χ3v) is 4.15. The predicted octanol–water partition coefficient (Wildman–Crippen LogP) is 1.64. The van der Waals surface area contributed by atoms with Crippen LogP contribution in [0.2, 0.25) is 0 Å². The summed E-state index contributed by atoms with van der Waals surface area (Å²) in [7, 11) is 0. The van der Waals surface area contributed by atoms with Gasteiger partial charge < -0.3 is 10.5 Å². The Hall–Kier alpha value is -1.36. The van der Waals surface area contributed by atoms with E-state index in [9.17, 15) is 4.79 Å². The van der Waals surface area contributed by atoms with Crippen molar-refractivity contribution in [3.8, 4) is 0 Å². The summed E-state index contributed by atoms with van der Waals surface area (Å²) >= 11 is 0. The van der Waals surface area contributed by atoms with Gasteiger partial charge in [-0.05, 0) is 45.1 Å². The number of nitrogens with two attached hydrogens (primary N) is 1. The minimum atomic E-state index is -0.795. The molecule has 2 unspecified atom stereocenters. The highest BCUT2D eigenvalue weighted by Gasteiger charge is 2.46. The molecule has 0 amide bonds. The first-order chi connectivity index (χ1) is 9.08. The van der Waals surface area contributed by atoms with E-state index in [2.05, 4.69) is 5.10 Å². The van der Waals surface area contributed by atoms with Gasteiger partial charge in [-0.2, -0.15) is 5.10 Å². The summed E-state index contributed by atoms with van der Waals surface area (Å²) in [5.41, 5.74) is 6.65.